The van der Waals surface area contributed by atoms with Crippen molar-refractivity contribution in [1.82, 2.24) is 14.9 Å². The summed E-state index contributed by atoms with van der Waals surface area (Å²) in [6.45, 7) is 17.3. The normalized spacial score (nSPS) is 25.0. The minimum absolute atomic E-state index is 0.0319. The Balaban J connectivity index is 1.75. The van der Waals surface area contributed by atoms with Crippen molar-refractivity contribution in [1.29, 1.82) is 0 Å². The molecule has 2 saturated heterocycles. The third-order valence-electron chi connectivity index (χ3n) is 8.34. The molecule has 2 fully saturated rings. The average molecular weight is 746 g/mol. The maximum atomic E-state index is 13.3. The molecule has 43 heavy (non-hydrogen) atoms. The van der Waals surface area contributed by atoms with E-state index in [2.05, 4.69) is 88.3 Å². The van der Waals surface area contributed by atoms with Crippen LogP contribution in [0.25, 0.3) is 0 Å². The van der Waals surface area contributed by atoms with Gasteiger partial charge in [0.2, 0.25) is 0 Å². The zero-order chi connectivity index (χ0) is 31.7. The second-order valence-electron chi connectivity index (χ2n) is 12.5. The molecule has 2 aliphatic rings. The molecule has 0 unspecified atom stereocenters. The van der Waals surface area contributed by atoms with Crippen LogP contribution in [0.15, 0.2) is 46.1 Å². The van der Waals surface area contributed by atoms with Gasteiger partial charge in [0.1, 0.15) is 12.2 Å². The first-order valence-electron chi connectivity index (χ1n) is 14.9. The van der Waals surface area contributed by atoms with Crippen LogP contribution < -0.4 is 16.6 Å². The number of aromatic nitrogens is 2. The molecule has 4 rings (SSSR count). The number of halogens is 1. The van der Waals surface area contributed by atoms with Gasteiger partial charge in [0.05, 0.1) is 6.61 Å². The molecule has 2 N–H and O–H groups in total. The quantitative estimate of drug-likeness (QED) is 0.276. The number of ether oxygens (including phenoxy) is 2. The Morgan fingerprint density at radius 2 is 1.60 bits per heavy atom. The lowest BCUT2D eigenvalue weighted by Crippen LogP contribution is -2.66. The van der Waals surface area contributed by atoms with E-state index in [4.69, 9.17) is 22.4 Å². The van der Waals surface area contributed by atoms with Crippen LogP contribution >= 0.6 is 22.6 Å². The van der Waals surface area contributed by atoms with Crippen molar-refractivity contribution in [2.45, 2.75) is 109 Å². The van der Waals surface area contributed by atoms with E-state index >= 15 is 0 Å². The van der Waals surface area contributed by atoms with Crippen LogP contribution in [0.2, 0.25) is 22.2 Å². The fourth-order valence-electron chi connectivity index (χ4n) is 6.04. The van der Waals surface area contributed by atoms with E-state index in [0.29, 0.717) is 0 Å². The second-order valence-corrected chi connectivity index (χ2v) is 22.6. The molecule has 1 aromatic heterocycles. The van der Waals surface area contributed by atoms with Gasteiger partial charge >= 0.3 is 28.9 Å². The lowest BCUT2D eigenvalue weighted by Gasteiger charge is -2.51. The van der Waals surface area contributed by atoms with Crippen molar-refractivity contribution < 1.29 is 27.2 Å². The maximum Gasteiger partial charge on any atom is 0.407 e. The molecule has 2 aliphatic heterocycles. The van der Waals surface area contributed by atoms with Gasteiger partial charge in [-0.15, -0.1) is 0 Å². The van der Waals surface area contributed by atoms with Gasteiger partial charge in [-0.05, 0) is 62.5 Å². The van der Waals surface area contributed by atoms with E-state index in [1.165, 1.54) is 16.8 Å². The zero-order valence-electron chi connectivity index (χ0n) is 26.1. The lowest BCUT2D eigenvalue weighted by atomic mass is 10.1. The Hall–Kier alpha value is -1.83. The highest BCUT2D eigenvalue weighted by atomic mass is 127. The number of aromatic amines is 1. The summed E-state index contributed by atoms with van der Waals surface area (Å²) in [7, 11) is -5.94. The standard InChI is InChI=1S/C29H44IN3O8Si2/c1-17(2)42(18(3)4)37-16-23-25(40-43(41-42,19(5)6)20(7)8)26(27(38-23)33-14-13-24(34)32-28(33)35)39-29(36)31-15-21-9-11-22(30)12-10-21/h9-14,17-20,23,25-27H,15-16H2,1-8H3,(H,31,36)(H,32,34,35)/t23-,25-,26-,27-/m1/s1. The number of hydrogen-bond donors (Lipinski definition) is 2. The Kier molecular flexibility index (Phi) is 10.8. The minimum atomic E-state index is -3.09. The Morgan fingerprint density at radius 3 is 2.16 bits per heavy atom. The first-order valence-corrected chi connectivity index (χ1v) is 19.9. The van der Waals surface area contributed by atoms with E-state index in [9.17, 15) is 14.4 Å². The largest absolute Gasteiger partial charge is 0.439 e. The average Bonchev–Trinajstić information content (AvgIpc) is 3.23. The third-order valence-corrected chi connectivity index (χ3v) is 19.3. The fraction of sp³-hybridized carbons (Fsp3) is 0.621. The molecule has 0 radical (unpaired) electrons. The van der Waals surface area contributed by atoms with Gasteiger partial charge in [-0.25, -0.2) is 9.59 Å². The molecule has 2 aromatic rings. The van der Waals surface area contributed by atoms with Crippen molar-refractivity contribution in [2.75, 3.05) is 6.61 Å². The highest BCUT2D eigenvalue weighted by Crippen LogP contribution is 2.48. The number of carbonyl (C=O) groups is 1. The summed E-state index contributed by atoms with van der Waals surface area (Å²) < 4.78 is 36.1. The molecule has 0 bridgehead atoms. The fourth-order valence-corrected chi connectivity index (χ4v) is 17.6. The van der Waals surface area contributed by atoms with Crippen molar-refractivity contribution in [3.05, 3.63) is 66.5 Å². The molecule has 11 nitrogen and oxygen atoms in total. The number of nitrogens with zero attached hydrogens (tertiary/aromatic N) is 1. The summed E-state index contributed by atoms with van der Waals surface area (Å²) in [6.07, 6.45) is -2.87. The maximum absolute atomic E-state index is 13.3. The Labute approximate surface area is 268 Å². The third kappa shape index (κ3) is 7.04. The smallest absolute Gasteiger partial charge is 0.407 e. The molecule has 14 heteroatoms. The van der Waals surface area contributed by atoms with Crippen LogP contribution in [0.5, 0.6) is 0 Å². The van der Waals surface area contributed by atoms with Crippen LogP contribution in [0.3, 0.4) is 0 Å². The van der Waals surface area contributed by atoms with Crippen molar-refractivity contribution in [2.24, 2.45) is 0 Å². The number of fused-ring (bicyclic) bond motifs is 1. The molecule has 0 aliphatic carbocycles. The molecule has 0 spiro atoms. The number of H-pyrrole nitrogens is 1. The lowest BCUT2D eigenvalue weighted by molar-refractivity contribution is -0.0609. The number of rotatable bonds is 8. The Morgan fingerprint density at radius 1 is 1.00 bits per heavy atom. The zero-order valence-corrected chi connectivity index (χ0v) is 30.2. The molecular weight excluding hydrogens is 701 g/mol. The number of benzene rings is 1. The topological polar surface area (TPSA) is 130 Å². The van der Waals surface area contributed by atoms with E-state index in [-0.39, 0.29) is 35.3 Å². The van der Waals surface area contributed by atoms with E-state index in [1.807, 2.05) is 24.3 Å². The monoisotopic (exact) mass is 745 g/mol. The molecule has 1 aromatic carbocycles. The van der Waals surface area contributed by atoms with Gasteiger partial charge in [-0.3, -0.25) is 14.3 Å². The van der Waals surface area contributed by atoms with Gasteiger partial charge in [0.25, 0.3) is 5.56 Å². The number of amides is 1. The second kappa shape index (κ2) is 13.7. The molecule has 0 saturated carbocycles. The molecule has 1 amide bonds. The molecule has 238 valence electrons. The number of nitrogens with one attached hydrogen (secondary N) is 2. The number of carbonyl (C=O) groups excluding carboxylic acids is 1. The van der Waals surface area contributed by atoms with Crippen LogP contribution in [0.1, 0.15) is 67.2 Å². The van der Waals surface area contributed by atoms with E-state index in [1.54, 1.807) is 0 Å². The van der Waals surface area contributed by atoms with Gasteiger partial charge in [-0.2, -0.15) is 0 Å². The van der Waals surface area contributed by atoms with Crippen molar-refractivity contribution in [3.8, 4) is 0 Å². The van der Waals surface area contributed by atoms with Gasteiger partial charge in [-0.1, -0.05) is 67.5 Å². The predicted octanol–water partition coefficient (Wildman–Crippen LogP) is 5.29. The predicted molar refractivity (Wildman–Crippen MR) is 175 cm³/mol. The summed E-state index contributed by atoms with van der Waals surface area (Å²) >= 11 is 2.22. The molecule has 3 heterocycles. The van der Waals surface area contributed by atoms with Gasteiger partial charge in [0.15, 0.2) is 12.3 Å². The van der Waals surface area contributed by atoms with Crippen molar-refractivity contribution in [3.63, 3.8) is 0 Å². The molecule has 4 atom stereocenters. The Bertz CT molecular complexity index is 1360. The van der Waals surface area contributed by atoms with Crippen LogP contribution in [-0.2, 0) is 29.0 Å². The molecular formula is C29H44IN3O8Si2. The summed E-state index contributed by atoms with van der Waals surface area (Å²) in [5.74, 6) is 0. The van der Waals surface area contributed by atoms with Gasteiger partial charge < -0.3 is 27.8 Å². The minimum Gasteiger partial charge on any atom is -0.439 e. The first kappa shape index (κ1) is 34.1. The highest BCUT2D eigenvalue weighted by molar-refractivity contribution is 14.1. The van der Waals surface area contributed by atoms with Crippen LogP contribution in [0.4, 0.5) is 4.79 Å². The van der Waals surface area contributed by atoms with E-state index < -0.39 is 59.0 Å². The van der Waals surface area contributed by atoms with Crippen LogP contribution in [-0.4, -0.2) is 57.7 Å². The van der Waals surface area contributed by atoms with Crippen LogP contribution in [0, 0.1) is 3.57 Å². The SMILES string of the molecule is CC(C)[Si]1(C(C)C)OC[C@H]2O[C@@H](n3ccc(=O)[nH]c3=O)[C@H](OC(=O)NCc3ccc(I)cc3)[C@@H]2O[Si](C(C)C)(C(C)C)O1. The van der Waals surface area contributed by atoms with Gasteiger partial charge in [0, 0.05) is 22.4 Å². The van der Waals surface area contributed by atoms with E-state index in [0.717, 1.165) is 9.13 Å². The number of alkyl carbamates (subject to hydrolysis) is 1. The summed E-state index contributed by atoms with van der Waals surface area (Å²) in [5.41, 5.74) is 0.0204. The first-order chi connectivity index (χ1) is 20.2. The summed E-state index contributed by atoms with van der Waals surface area (Å²) in [5, 5.41) is 2.81. The number of hydrogen-bond acceptors (Lipinski definition) is 8. The summed E-state index contributed by atoms with van der Waals surface area (Å²) in [6, 6.07) is 9.00. The highest BCUT2D eigenvalue weighted by Gasteiger charge is 2.62. The van der Waals surface area contributed by atoms with Crippen molar-refractivity contribution >= 4 is 45.8 Å². The summed E-state index contributed by atoms with van der Waals surface area (Å²) in [4.78, 5) is 40.4.